The fourth-order valence-electron chi connectivity index (χ4n) is 2.75. The first kappa shape index (κ1) is 14.2. The summed E-state index contributed by atoms with van der Waals surface area (Å²) in [4.78, 5) is 13.1. The van der Waals surface area contributed by atoms with Gasteiger partial charge < -0.3 is 10.0 Å². The normalized spacial score (nSPS) is 23.1. The van der Waals surface area contributed by atoms with Crippen molar-refractivity contribution in [1.29, 1.82) is 0 Å². The van der Waals surface area contributed by atoms with Crippen LogP contribution in [0.15, 0.2) is 18.2 Å². The van der Waals surface area contributed by atoms with Gasteiger partial charge in [-0.05, 0) is 49.8 Å². The maximum absolute atomic E-state index is 10.9. The zero-order valence-electron chi connectivity index (χ0n) is 11.4. The van der Waals surface area contributed by atoms with Gasteiger partial charge in [-0.15, -0.1) is 0 Å². The lowest BCUT2D eigenvalue weighted by Gasteiger charge is -2.35. The quantitative estimate of drug-likeness (QED) is 0.908. The summed E-state index contributed by atoms with van der Waals surface area (Å²) < 4.78 is 0. The Bertz CT molecular complexity index is 467. The van der Waals surface area contributed by atoms with E-state index in [9.17, 15) is 4.79 Å². The molecule has 0 saturated heterocycles. The molecule has 1 aliphatic carbocycles. The van der Waals surface area contributed by atoms with Crippen LogP contribution >= 0.6 is 11.6 Å². The summed E-state index contributed by atoms with van der Waals surface area (Å²) in [7, 11) is 2.04. The number of carboxylic acids is 1. The van der Waals surface area contributed by atoms with E-state index in [0.29, 0.717) is 11.1 Å². The predicted octanol–water partition coefficient (Wildman–Crippen LogP) is 4.05. The zero-order valence-corrected chi connectivity index (χ0v) is 12.2. The van der Waals surface area contributed by atoms with E-state index in [1.54, 1.807) is 6.07 Å². The Kier molecular flexibility index (Phi) is 4.35. The van der Waals surface area contributed by atoms with Gasteiger partial charge in [-0.1, -0.05) is 18.5 Å². The Morgan fingerprint density at radius 2 is 1.95 bits per heavy atom. The highest BCUT2D eigenvalue weighted by Gasteiger charge is 2.23. The summed E-state index contributed by atoms with van der Waals surface area (Å²) in [5, 5.41) is 9.46. The van der Waals surface area contributed by atoms with Crippen LogP contribution in [0.4, 0.5) is 5.69 Å². The van der Waals surface area contributed by atoms with Crippen molar-refractivity contribution in [3.63, 3.8) is 0 Å². The van der Waals surface area contributed by atoms with Crippen molar-refractivity contribution in [1.82, 2.24) is 0 Å². The van der Waals surface area contributed by atoms with Crippen molar-refractivity contribution in [3.05, 3.63) is 28.8 Å². The van der Waals surface area contributed by atoms with Crippen LogP contribution < -0.4 is 4.90 Å². The molecule has 0 amide bonds. The second-order valence-corrected chi connectivity index (χ2v) is 5.90. The Labute approximate surface area is 119 Å². The molecule has 0 aromatic heterocycles. The third kappa shape index (κ3) is 3.21. The minimum absolute atomic E-state index is 0.236. The van der Waals surface area contributed by atoms with Crippen LogP contribution in [0.25, 0.3) is 0 Å². The highest BCUT2D eigenvalue weighted by Crippen LogP contribution is 2.33. The first-order valence-corrected chi connectivity index (χ1v) is 7.12. The summed E-state index contributed by atoms with van der Waals surface area (Å²) in [6.07, 6.45) is 4.85. The van der Waals surface area contributed by atoms with Gasteiger partial charge in [-0.2, -0.15) is 0 Å². The lowest BCUT2D eigenvalue weighted by atomic mass is 9.86. The summed E-state index contributed by atoms with van der Waals surface area (Å²) in [6.45, 7) is 2.30. The standard InChI is InChI=1S/C15H20ClNO2/c1-10-3-6-12(7-4-10)17(2)14-8-5-11(15(18)19)9-13(14)16/h5,8-10,12H,3-4,6-7H2,1-2H3,(H,18,19). The molecule has 104 valence electrons. The second kappa shape index (κ2) is 5.83. The molecule has 0 bridgehead atoms. The molecule has 0 atom stereocenters. The lowest BCUT2D eigenvalue weighted by Crippen LogP contribution is -2.35. The van der Waals surface area contributed by atoms with E-state index in [4.69, 9.17) is 16.7 Å². The number of nitrogens with zero attached hydrogens (tertiary/aromatic N) is 1. The van der Waals surface area contributed by atoms with Crippen molar-refractivity contribution in [2.75, 3.05) is 11.9 Å². The van der Waals surface area contributed by atoms with Crippen molar-refractivity contribution in [3.8, 4) is 0 Å². The third-order valence-corrected chi connectivity index (χ3v) is 4.41. The number of carbonyl (C=O) groups is 1. The molecular weight excluding hydrogens is 262 g/mol. The van der Waals surface area contributed by atoms with Crippen LogP contribution in [0.5, 0.6) is 0 Å². The minimum atomic E-state index is -0.942. The number of hydrogen-bond donors (Lipinski definition) is 1. The molecule has 0 aliphatic heterocycles. The number of benzene rings is 1. The van der Waals surface area contributed by atoms with Gasteiger partial charge >= 0.3 is 5.97 Å². The van der Waals surface area contributed by atoms with Gasteiger partial charge in [-0.3, -0.25) is 0 Å². The Balaban J connectivity index is 2.15. The van der Waals surface area contributed by atoms with Crippen LogP contribution in [0, 0.1) is 5.92 Å². The minimum Gasteiger partial charge on any atom is -0.478 e. The van der Waals surface area contributed by atoms with Gasteiger partial charge in [-0.25, -0.2) is 4.79 Å². The van der Waals surface area contributed by atoms with E-state index in [1.165, 1.54) is 31.7 Å². The molecule has 0 spiro atoms. The summed E-state index contributed by atoms with van der Waals surface area (Å²) >= 11 is 6.21. The lowest BCUT2D eigenvalue weighted by molar-refractivity contribution is 0.0697. The Morgan fingerprint density at radius 1 is 1.32 bits per heavy atom. The van der Waals surface area contributed by atoms with Crippen LogP contribution in [0.3, 0.4) is 0 Å². The topological polar surface area (TPSA) is 40.5 Å². The van der Waals surface area contributed by atoms with Crippen LogP contribution in [-0.4, -0.2) is 24.2 Å². The number of anilines is 1. The van der Waals surface area contributed by atoms with E-state index in [1.807, 2.05) is 13.1 Å². The molecule has 2 rings (SSSR count). The third-order valence-electron chi connectivity index (χ3n) is 4.11. The molecule has 4 heteroatoms. The van der Waals surface area contributed by atoms with Crippen LogP contribution in [0.1, 0.15) is 43.0 Å². The molecular formula is C15H20ClNO2. The monoisotopic (exact) mass is 281 g/mol. The fraction of sp³-hybridized carbons (Fsp3) is 0.533. The molecule has 0 radical (unpaired) electrons. The van der Waals surface area contributed by atoms with Gasteiger partial charge in [0.2, 0.25) is 0 Å². The Hall–Kier alpha value is -1.22. The van der Waals surface area contributed by atoms with E-state index in [2.05, 4.69) is 11.8 Å². The molecule has 0 heterocycles. The summed E-state index contributed by atoms with van der Waals surface area (Å²) in [6, 6.07) is 5.46. The van der Waals surface area contributed by atoms with Crippen molar-refractivity contribution in [2.45, 2.75) is 38.6 Å². The Morgan fingerprint density at radius 3 is 2.47 bits per heavy atom. The SMILES string of the molecule is CC1CCC(N(C)c2ccc(C(=O)O)cc2Cl)CC1. The first-order valence-electron chi connectivity index (χ1n) is 6.74. The van der Waals surface area contributed by atoms with Crippen molar-refractivity contribution in [2.24, 2.45) is 5.92 Å². The van der Waals surface area contributed by atoms with Crippen molar-refractivity contribution >= 4 is 23.3 Å². The van der Waals surface area contributed by atoms with Gasteiger partial charge in [0.1, 0.15) is 0 Å². The largest absolute Gasteiger partial charge is 0.478 e. The smallest absolute Gasteiger partial charge is 0.335 e. The van der Waals surface area contributed by atoms with Gasteiger partial charge in [0.05, 0.1) is 16.3 Å². The first-order chi connectivity index (χ1) is 8.99. The highest BCUT2D eigenvalue weighted by atomic mass is 35.5. The molecule has 0 unspecified atom stereocenters. The van der Waals surface area contributed by atoms with Crippen LogP contribution in [0.2, 0.25) is 5.02 Å². The molecule has 19 heavy (non-hydrogen) atoms. The molecule has 1 saturated carbocycles. The number of carboxylic acid groups (broad SMARTS) is 1. The summed E-state index contributed by atoms with van der Waals surface area (Å²) in [5.74, 6) is -0.128. The average Bonchev–Trinajstić information content (AvgIpc) is 2.38. The maximum Gasteiger partial charge on any atom is 0.335 e. The number of aromatic carboxylic acids is 1. The van der Waals surface area contributed by atoms with Crippen molar-refractivity contribution < 1.29 is 9.90 Å². The molecule has 1 aromatic carbocycles. The molecule has 1 aromatic rings. The fourth-order valence-corrected chi connectivity index (χ4v) is 3.07. The van der Waals surface area contributed by atoms with Gasteiger partial charge in [0.15, 0.2) is 0 Å². The summed E-state index contributed by atoms with van der Waals surface area (Å²) in [5.41, 5.74) is 1.16. The average molecular weight is 282 g/mol. The molecule has 1 N–H and O–H groups in total. The van der Waals surface area contributed by atoms with Gasteiger partial charge in [0.25, 0.3) is 0 Å². The predicted molar refractivity (Wildman–Crippen MR) is 78.2 cm³/mol. The molecule has 1 fully saturated rings. The number of hydrogen-bond acceptors (Lipinski definition) is 2. The maximum atomic E-state index is 10.9. The zero-order chi connectivity index (χ0) is 14.0. The highest BCUT2D eigenvalue weighted by molar-refractivity contribution is 6.33. The second-order valence-electron chi connectivity index (χ2n) is 5.50. The van der Waals surface area contributed by atoms with E-state index < -0.39 is 5.97 Å². The molecule has 1 aliphatic rings. The van der Waals surface area contributed by atoms with E-state index in [0.717, 1.165) is 11.6 Å². The van der Waals surface area contributed by atoms with Crippen LogP contribution in [-0.2, 0) is 0 Å². The molecule has 3 nitrogen and oxygen atoms in total. The number of rotatable bonds is 3. The van der Waals surface area contributed by atoms with E-state index in [-0.39, 0.29) is 5.56 Å². The number of halogens is 1. The van der Waals surface area contributed by atoms with E-state index >= 15 is 0 Å². The van der Waals surface area contributed by atoms with Gasteiger partial charge in [0, 0.05) is 13.1 Å².